The van der Waals surface area contributed by atoms with Crippen LogP contribution in [0.3, 0.4) is 0 Å². The molecule has 0 atom stereocenters. The number of methoxy groups -OCH3 is 1. The van der Waals surface area contributed by atoms with Crippen LogP contribution < -0.4 is 15.4 Å². The molecule has 0 aliphatic carbocycles. The second-order valence-electron chi connectivity index (χ2n) is 8.70. The predicted molar refractivity (Wildman–Crippen MR) is 128 cm³/mol. The molecule has 2 aromatic rings. The van der Waals surface area contributed by atoms with E-state index >= 15 is 0 Å². The number of carbonyl (C=O) groups is 2. The second kappa shape index (κ2) is 9.80. The summed E-state index contributed by atoms with van der Waals surface area (Å²) in [7, 11) is 0.602. The highest BCUT2D eigenvalue weighted by Crippen LogP contribution is 2.29. The number of carbonyl (C=O) groups excluding carboxylic acids is 2. The number of nitrogens with one attached hydrogen (secondary N) is 2. The summed E-state index contributed by atoms with van der Waals surface area (Å²) in [6.07, 6.45) is -0.669. The van der Waals surface area contributed by atoms with Crippen LogP contribution in [-0.4, -0.2) is 51.5 Å². The van der Waals surface area contributed by atoms with Crippen molar-refractivity contribution in [2.45, 2.75) is 45.1 Å². The normalized spacial score (nSPS) is 11.8. The first kappa shape index (κ1) is 26.1. The Balaban J connectivity index is 2.36. The van der Waals surface area contributed by atoms with E-state index in [1.807, 2.05) is 0 Å². The largest absolute Gasteiger partial charge is 0.495 e. The average molecular weight is 478 g/mol. The molecule has 2 aromatic carbocycles. The zero-order chi connectivity index (χ0) is 25.1. The molecule has 0 bridgehead atoms. The molecule has 10 heteroatoms. The van der Waals surface area contributed by atoms with Gasteiger partial charge in [-0.05, 0) is 76.1 Å². The lowest BCUT2D eigenvalue weighted by molar-refractivity contribution is 0.0635. The van der Waals surface area contributed by atoms with Crippen molar-refractivity contribution in [3.8, 4) is 5.75 Å². The Labute approximate surface area is 195 Å². The van der Waals surface area contributed by atoms with Gasteiger partial charge in [-0.2, -0.15) is 0 Å². The number of hydrogen-bond donors (Lipinski definition) is 2. The Kier molecular flexibility index (Phi) is 7.76. The van der Waals surface area contributed by atoms with E-state index in [1.54, 1.807) is 52.8 Å². The summed E-state index contributed by atoms with van der Waals surface area (Å²) in [5.41, 5.74) is 1.44. The van der Waals surface area contributed by atoms with Crippen molar-refractivity contribution in [1.82, 2.24) is 4.31 Å². The van der Waals surface area contributed by atoms with Crippen molar-refractivity contribution in [2.75, 3.05) is 31.8 Å². The molecule has 180 valence electrons. The molecule has 33 heavy (non-hydrogen) atoms. The fourth-order valence-corrected chi connectivity index (χ4v) is 4.14. The van der Waals surface area contributed by atoms with E-state index in [9.17, 15) is 18.0 Å². The lowest BCUT2D eigenvalue weighted by atomic mass is 10.1. The Morgan fingerprint density at radius 3 is 2.18 bits per heavy atom. The molecule has 0 saturated heterocycles. The molecule has 0 unspecified atom stereocenters. The van der Waals surface area contributed by atoms with Crippen molar-refractivity contribution in [1.29, 1.82) is 0 Å². The SMILES string of the molecule is COc1ccc(NC(=O)c2cc(C)c(C)c(S(=O)(=O)N(C)C)c2)cc1NC(=O)OC(C)(C)C. The number of rotatable bonds is 6. The molecular weight excluding hydrogens is 446 g/mol. The first-order chi connectivity index (χ1) is 15.2. The summed E-state index contributed by atoms with van der Waals surface area (Å²) in [5, 5.41) is 5.34. The molecular formula is C23H31N3O6S. The summed E-state index contributed by atoms with van der Waals surface area (Å²) < 4.78 is 37.0. The molecule has 0 spiro atoms. The molecule has 9 nitrogen and oxygen atoms in total. The Morgan fingerprint density at radius 2 is 1.64 bits per heavy atom. The number of nitrogens with zero attached hydrogens (tertiary/aromatic N) is 1. The van der Waals surface area contributed by atoms with Crippen LogP contribution in [0.25, 0.3) is 0 Å². The highest BCUT2D eigenvalue weighted by Gasteiger charge is 2.23. The van der Waals surface area contributed by atoms with Gasteiger partial charge in [-0.1, -0.05) is 0 Å². The van der Waals surface area contributed by atoms with Gasteiger partial charge in [0, 0.05) is 25.3 Å². The van der Waals surface area contributed by atoms with Crippen molar-refractivity contribution < 1.29 is 27.5 Å². The van der Waals surface area contributed by atoms with Gasteiger partial charge in [0.15, 0.2) is 0 Å². The van der Waals surface area contributed by atoms with Gasteiger partial charge in [0.05, 0.1) is 17.7 Å². The fourth-order valence-electron chi connectivity index (χ4n) is 2.92. The molecule has 2 amide bonds. The summed E-state index contributed by atoms with van der Waals surface area (Å²) >= 11 is 0. The van der Waals surface area contributed by atoms with E-state index in [-0.39, 0.29) is 10.5 Å². The second-order valence-corrected chi connectivity index (χ2v) is 10.8. The van der Waals surface area contributed by atoms with E-state index in [4.69, 9.17) is 9.47 Å². The molecule has 2 rings (SSSR count). The molecule has 2 N–H and O–H groups in total. The molecule has 0 aliphatic heterocycles. The van der Waals surface area contributed by atoms with Crippen LogP contribution in [0.5, 0.6) is 5.75 Å². The molecule has 0 heterocycles. The van der Waals surface area contributed by atoms with Gasteiger partial charge in [-0.3, -0.25) is 10.1 Å². The third kappa shape index (κ3) is 6.45. The Hall–Kier alpha value is -3.11. The van der Waals surface area contributed by atoms with E-state index in [0.29, 0.717) is 28.3 Å². The van der Waals surface area contributed by atoms with E-state index in [2.05, 4.69) is 10.6 Å². The van der Waals surface area contributed by atoms with Crippen LogP contribution in [0.15, 0.2) is 35.2 Å². The van der Waals surface area contributed by atoms with Gasteiger partial charge in [0.25, 0.3) is 5.91 Å². The number of hydrogen-bond acceptors (Lipinski definition) is 6. The predicted octanol–water partition coefficient (Wildman–Crippen LogP) is 4.16. The number of benzene rings is 2. The van der Waals surface area contributed by atoms with Crippen molar-refractivity contribution in [3.05, 3.63) is 47.0 Å². The maximum atomic E-state index is 12.9. The van der Waals surface area contributed by atoms with Gasteiger partial charge in [-0.15, -0.1) is 0 Å². The van der Waals surface area contributed by atoms with Crippen LogP contribution >= 0.6 is 0 Å². The maximum absolute atomic E-state index is 12.9. The molecule has 0 radical (unpaired) electrons. The summed E-state index contributed by atoms with van der Waals surface area (Å²) in [6.45, 7) is 8.68. The standard InChI is InChI=1S/C23H31N3O6S/c1-14-11-16(12-20(15(14)2)33(29,30)26(6)7)21(27)24-17-9-10-19(31-8)18(13-17)25-22(28)32-23(3,4)5/h9-13H,1-8H3,(H,24,27)(H,25,28). The summed E-state index contributed by atoms with van der Waals surface area (Å²) in [4.78, 5) is 25.2. The van der Waals surface area contributed by atoms with Gasteiger partial charge in [0.1, 0.15) is 11.4 Å². The summed E-state index contributed by atoms with van der Waals surface area (Å²) in [6, 6.07) is 7.71. The van der Waals surface area contributed by atoms with Crippen LogP contribution in [0.4, 0.5) is 16.2 Å². The van der Waals surface area contributed by atoms with Gasteiger partial charge in [-0.25, -0.2) is 17.5 Å². The molecule has 0 fully saturated rings. The fraction of sp³-hybridized carbons (Fsp3) is 0.391. The highest BCUT2D eigenvalue weighted by atomic mass is 32.2. The zero-order valence-corrected chi connectivity index (χ0v) is 21.0. The lowest BCUT2D eigenvalue weighted by Crippen LogP contribution is -2.27. The smallest absolute Gasteiger partial charge is 0.412 e. The lowest BCUT2D eigenvalue weighted by Gasteiger charge is -2.20. The van der Waals surface area contributed by atoms with Crippen molar-refractivity contribution in [3.63, 3.8) is 0 Å². The molecule has 0 aliphatic rings. The highest BCUT2D eigenvalue weighted by molar-refractivity contribution is 7.89. The number of ether oxygens (including phenoxy) is 2. The Morgan fingerprint density at radius 1 is 1.00 bits per heavy atom. The van der Waals surface area contributed by atoms with Crippen LogP contribution in [0, 0.1) is 13.8 Å². The monoisotopic (exact) mass is 477 g/mol. The average Bonchev–Trinajstić information content (AvgIpc) is 2.68. The van der Waals surface area contributed by atoms with Crippen LogP contribution in [-0.2, 0) is 14.8 Å². The van der Waals surface area contributed by atoms with E-state index < -0.39 is 27.6 Å². The first-order valence-corrected chi connectivity index (χ1v) is 11.6. The topological polar surface area (TPSA) is 114 Å². The van der Waals surface area contributed by atoms with Crippen LogP contribution in [0.1, 0.15) is 42.3 Å². The number of aryl methyl sites for hydroxylation is 1. The van der Waals surface area contributed by atoms with E-state index in [0.717, 1.165) is 4.31 Å². The maximum Gasteiger partial charge on any atom is 0.412 e. The van der Waals surface area contributed by atoms with E-state index in [1.165, 1.54) is 33.3 Å². The number of sulfonamides is 1. The molecule has 0 aromatic heterocycles. The summed E-state index contributed by atoms with van der Waals surface area (Å²) in [5.74, 6) is -0.119. The quantitative estimate of drug-likeness (QED) is 0.646. The number of amides is 2. The first-order valence-electron chi connectivity index (χ1n) is 10.2. The third-order valence-corrected chi connectivity index (χ3v) is 6.67. The minimum absolute atomic E-state index is 0.0691. The van der Waals surface area contributed by atoms with Crippen LogP contribution in [0.2, 0.25) is 0 Å². The minimum Gasteiger partial charge on any atom is -0.495 e. The van der Waals surface area contributed by atoms with Gasteiger partial charge in [0.2, 0.25) is 10.0 Å². The third-order valence-electron chi connectivity index (χ3n) is 4.73. The van der Waals surface area contributed by atoms with Crippen molar-refractivity contribution >= 4 is 33.4 Å². The van der Waals surface area contributed by atoms with Gasteiger partial charge < -0.3 is 14.8 Å². The van der Waals surface area contributed by atoms with Gasteiger partial charge >= 0.3 is 6.09 Å². The molecule has 0 saturated carbocycles. The van der Waals surface area contributed by atoms with Crippen molar-refractivity contribution in [2.24, 2.45) is 0 Å². The zero-order valence-electron chi connectivity index (χ0n) is 20.2. The minimum atomic E-state index is -3.73. The number of anilines is 2. The Bertz CT molecular complexity index is 1170.